The van der Waals surface area contributed by atoms with Gasteiger partial charge in [0.2, 0.25) is 0 Å². The molecule has 0 spiro atoms. The Hall–Kier alpha value is -1.23. The summed E-state index contributed by atoms with van der Waals surface area (Å²) in [6, 6.07) is 28.8. The van der Waals surface area contributed by atoms with Crippen molar-refractivity contribution in [2.45, 2.75) is 0 Å². The van der Waals surface area contributed by atoms with Gasteiger partial charge in [-0.3, -0.25) is 0 Å². The maximum absolute atomic E-state index is 9.92. The van der Waals surface area contributed by atoms with Crippen LogP contribution >= 0.6 is 0 Å². The summed E-state index contributed by atoms with van der Waals surface area (Å²) >= 11 is 0. The van der Waals surface area contributed by atoms with Crippen LogP contribution in [0.2, 0.25) is 0 Å². The number of benzene rings is 3. The molecule has 3 rings (SSSR count). The van der Waals surface area contributed by atoms with Gasteiger partial charge in [0.25, 0.3) is 0 Å². The van der Waals surface area contributed by atoms with E-state index in [9.17, 15) is 10.0 Å². The van der Waals surface area contributed by atoms with Crippen molar-refractivity contribution in [3.63, 3.8) is 0 Å². The van der Waals surface area contributed by atoms with E-state index in [-0.39, 0.29) is 37.7 Å². The molecule has 3 aromatic rings. The van der Waals surface area contributed by atoms with E-state index in [1.165, 1.54) is 10.9 Å². The molecule has 0 saturated carbocycles. The Labute approximate surface area is 182 Å². The van der Waals surface area contributed by atoms with Crippen LogP contribution in [0.25, 0.3) is 0 Å². The van der Waals surface area contributed by atoms with Gasteiger partial charge in [0, 0.05) is 0 Å². The van der Waals surface area contributed by atoms with Gasteiger partial charge in [0.15, 0.2) is 0 Å². The first-order valence-corrected chi connectivity index (χ1v) is 7.64. The van der Waals surface area contributed by atoms with Crippen LogP contribution in [-0.4, -0.2) is 23.0 Å². The van der Waals surface area contributed by atoms with Crippen LogP contribution in [0.1, 0.15) is 0 Å². The number of hydrogen-bond donors (Lipinski definition) is 0. The Morgan fingerprint density at radius 2 is 0.885 bits per heavy atom. The minimum atomic E-state index is -2.23. The molecule has 0 heterocycles. The van der Waals surface area contributed by atoms with Gasteiger partial charge < -0.3 is 14.7 Å². The second-order valence-electron chi connectivity index (χ2n) is 5.03. The Morgan fingerprint density at radius 3 is 1.12 bits per heavy atom. The smallest absolute Gasteiger partial charge is 0.860 e. The zero-order valence-electron chi connectivity index (χ0n) is 16.0. The summed E-state index contributed by atoms with van der Waals surface area (Å²) in [5.41, 5.74) is 2.64. The second-order valence-corrected chi connectivity index (χ2v) is 5.03. The van der Waals surface area contributed by atoms with Crippen LogP contribution in [0.15, 0.2) is 91.0 Å². The molecule has 3 aromatic carbocycles. The summed E-state index contributed by atoms with van der Waals surface area (Å²) in [7, 11) is 1.93. The van der Waals surface area contributed by atoms with Gasteiger partial charge in [0.05, 0.1) is 5.75 Å². The van der Waals surface area contributed by atoms with Crippen LogP contribution in [0.5, 0.6) is 5.75 Å². The molecule has 26 heavy (non-hydrogen) atoms. The molecule has 0 unspecified atom stereocenters. The molecule has 8 heteroatoms. The van der Waals surface area contributed by atoms with Gasteiger partial charge in [-0.1, -0.05) is 89.8 Å². The summed E-state index contributed by atoms with van der Waals surface area (Å²) in [6.07, 6.45) is 0. The van der Waals surface area contributed by atoms with Gasteiger partial charge in [-0.2, -0.15) is 0 Å². The quantitative estimate of drug-likeness (QED) is 0.439. The molecule has 0 N–H and O–H groups in total. The molecule has 3 nitrogen and oxygen atoms in total. The van der Waals surface area contributed by atoms with Crippen molar-refractivity contribution in [2.75, 3.05) is 0 Å². The van der Waals surface area contributed by atoms with E-state index >= 15 is 0 Å². The maximum atomic E-state index is 9.92. The molecule has 0 aliphatic rings. The van der Waals surface area contributed by atoms with E-state index in [1.807, 2.05) is 36.4 Å². The van der Waals surface area contributed by atoms with Crippen molar-refractivity contribution < 1.29 is 52.4 Å². The molecule has 0 radical (unpaired) electrons. The van der Waals surface area contributed by atoms with Crippen LogP contribution in [0.3, 0.4) is 0 Å². The maximum Gasteiger partial charge on any atom is 1.00 e. The molecule has 0 fully saturated rings. The summed E-state index contributed by atoms with van der Waals surface area (Å²) in [5, 5.41) is 19.8. The molecule has 0 aromatic heterocycles. The third-order valence-electron chi connectivity index (χ3n) is 2.86. The van der Waals surface area contributed by atoms with E-state index in [1.54, 1.807) is 30.3 Å². The fraction of sp³-hybridized carbons (Fsp3) is 0. The summed E-state index contributed by atoms with van der Waals surface area (Å²) in [6.45, 7) is 0. The standard InChI is InChI=1S/C6H5BO3.2C6H7B.2Li/c8-7(9)10-6-4-2-1-3-5-6;2*7-6-4-2-1-3-5-6;;/h1-5H;2*1-5H,7H2;;/q-2;;;2*+1. The van der Waals surface area contributed by atoms with Crippen molar-refractivity contribution in [1.29, 1.82) is 0 Å². The molecule has 0 saturated heterocycles. The average molecular weight is 330 g/mol. The number of para-hydroxylation sites is 1. The van der Waals surface area contributed by atoms with E-state index in [0.717, 1.165) is 0 Å². The van der Waals surface area contributed by atoms with Gasteiger partial charge in [-0.05, 0) is 12.1 Å². The first kappa shape index (κ1) is 27.0. The molecule has 0 aliphatic carbocycles. The minimum absolute atomic E-state index is 0. The van der Waals surface area contributed by atoms with E-state index in [4.69, 9.17) is 0 Å². The predicted molar refractivity (Wildman–Crippen MR) is 102 cm³/mol. The van der Waals surface area contributed by atoms with Crippen molar-refractivity contribution in [3.8, 4) is 5.75 Å². The summed E-state index contributed by atoms with van der Waals surface area (Å²) in [5.74, 6) is 0.317. The normalized spacial score (nSPS) is 8.08. The van der Waals surface area contributed by atoms with Crippen molar-refractivity contribution >= 4 is 33.9 Å². The third-order valence-corrected chi connectivity index (χ3v) is 2.86. The van der Waals surface area contributed by atoms with Crippen molar-refractivity contribution in [1.82, 2.24) is 0 Å². The van der Waals surface area contributed by atoms with E-state index in [2.05, 4.69) is 44.6 Å². The van der Waals surface area contributed by atoms with Crippen LogP contribution in [-0.2, 0) is 0 Å². The van der Waals surface area contributed by atoms with Gasteiger partial charge in [0.1, 0.15) is 23.0 Å². The second kappa shape index (κ2) is 17.2. The monoisotopic (exact) mass is 330 g/mol. The minimum Gasteiger partial charge on any atom is -0.860 e. The Morgan fingerprint density at radius 1 is 0.577 bits per heavy atom. The zero-order valence-corrected chi connectivity index (χ0v) is 16.0. The Kier molecular flexibility index (Phi) is 17.9. The molecule has 120 valence electrons. The number of rotatable bonds is 2. The zero-order chi connectivity index (χ0) is 17.6. The molecular weight excluding hydrogens is 311 g/mol. The van der Waals surface area contributed by atoms with Crippen molar-refractivity contribution in [2.24, 2.45) is 0 Å². The topological polar surface area (TPSA) is 55.3 Å². The summed E-state index contributed by atoms with van der Waals surface area (Å²) in [4.78, 5) is 0. The number of hydrogen-bond acceptors (Lipinski definition) is 3. The van der Waals surface area contributed by atoms with E-state index < -0.39 is 7.32 Å². The Balaban J connectivity index is 0. The first-order valence-electron chi connectivity index (χ1n) is 7.64. The molecular formula is C18H19B3Li2O3. The predicted octanol–water partition coefficient (Wildman–Crippen LogP) is -7.33. The molecule has 0 atom stereocenters. The fourth-order valence-electron chi connectivity index (χ4n) is 1.68. The molecule has 0 bridgehead atoms. The SMILES string of the molecule is Bc1ccccc1.Bc1ccccc1.[Li+].[Li+].[O-]B([O-])Oc1ccccc1. The van der Waals surface area contributed by atoms with Gasteiger partial charge in [-0.15, -0.1) is 0 Å². The van der Waals surface area contributed by atoms with Crippen LogP contribution in [0.4, 0.5) is 0 Å². The molecule has 0 aliphatic heterocycles. The fourth-order valence-corrected chi connectivity index (χ4v) is 1.68. The van der Waals surface area contributed by atoms with Gasteiger partial charge in [-0.25, -0.2) is 0 Å². The average Bonchev–Trinajstić information content (AvgIpc) is 2.58. The first-order chi connectivity index (χ1) is 11.6. The molecule has 0 amide bonds. The largest absolute Gasteiger partial charge is 1.00 e. The summed E-state index contributed by atoms with van der Waals surface area (Å²) < 4.78 is 4.30. The third kappa shape index (κ3) is 15.1. The van der Waals surface area contributed by atoms with Crippen molar-refractivity contribution in [3.05, 3.63) is 91.0 Å². The Bertz CT molecular complexity index is 623. The van der Waals surface area contributed by atoms with E-state index in [0.29, 0.717) is 5.75 Å². The van der Waals surface area contributed by atoms with Crippen LogP contribution in [0, 0.1) is 0 Å². The van der Waals surface area contributed by atoms with Gasteiger partial charge >= 0.3 is 37.7 Å². The van der Waals surface area contributed by atoms with Crippen LogP contribution < -0.4 is 63.3 Å².